The lowest BCUT2D eigenvalue weighted by atomic mass is 9.94. The van der Waals surface area contributed by atoms with Crippen molar-refractivity contribution in [1.29, 1.82) is 0 Å². The summed E-state index contributed by atoms with van der Waals surface area (Å²) in [5.41, 5.74) is 0.705. The third kappa shape index (κ3) is 4.67. The topological polar surface area (TPSA) is 89.9 Å². The second kappa shape index (κ2) is 7.61. The van der Waals surface area contributed by atoms with Crippen molar-refractivity contribution in [2.45, 2.75) is 31.3 Å². The van der Waals surface area contributed by atoms with Crippen LogP contribution >= 0.6 is 0 Å². The number of nitrogens with one attached hydrogen (secondary N) is 1. The van der Waals surface area contributed by atoms with Gasteiger partial charge in [0, 0.05) is 25.3 Å². The van der Waals surface area contributed by atoms with Gasteiger partial charge in [0.2, 0.25) is 10.0 Å². The van der Waals surface area contributed by atoms with E-state index >= 15 is 0 Å². The van der Waals surface area contributed by atoms with E-state index in [4.69, 9.17) is 5.11 Å². The van der Waals surface area contributed by atoms with Crippen molar-refractivity contribution in [3.8, 4) is 0 Å². The van der Waals surface area contributed by atoms with Gasteiger partial charge in [-0.15, -0.1) is 0 Å². The third-order valence-electron chi connectivity index (χ3n) is 4.08. The minimum absolute atomic E-state index is 0.212. The van der Waals surface area contributed by atoms with Crippen molar-refractivity contribution < 1.29 is 18.6 Å². The maximum Gasteiger partial charge on any atom is 0.243 e. The molecule has 23 heavy (non-hydrogen) atoms. The van der Waals surface area contributed by atoms with Gasteiger partial charge >= 0.3 is 0 Å². The fourth-order valence-corrected chi connectivity index (χ4v) is 4.68. The molecule has 6 nitrogen and oxygen atoms in total. The second-order valence-electron chi connectivity index (χ2n) is 6.51. The van der Waals surface area contributed by atoms with Crippen LogP contribution in [0.1, 0.15) is 20.3 Å². The summed E-state index contributed by atoms with van der Waals surface area (Å²) in [4.78, 5) is 0.284. The number of hydrogen-bond acceptors (Lipinski definition) is 5. The van der Waals surface area contributed by atoms with E-state index in [1.807, 2.05) is 0 Å². The lowest BCUT2D eigenvalue weighted by Crippen LogP contribution is -2.42. The van der Waals surface area contributed by atoms with Gasteiger partial charge in [0.25, 0.3) is 0 Å². The average molecular weight is 342 g/mol. The van der Waals surface area contributed by atoms with Crippen LogP contribution in [0.4, 0.5) is 5.69 Å². The summed E-state index contributed by atoms with van der Waals surface area (Å²) < 4.78 is 27.0. The van der Waals surface area contributed by atoms with E-state index in [-0.39, 0.29) is 18.0 Å². The molecule has 1 aliphatic rings. The smallest absolute Gasteiger partial charge is 0.243 e. The summed E-state index contributed by atoms with van der Waals surface area (Å²) >= 11 is 0. The lowest BCUT2D eigenvalue weighted by molar-refractivity contribution is 0.105. The van der Waals surface area contributed by atoms with Crippen LogP contribution in [0.3, 0.4) is 0 Å². The molecule has 3 atom stereocenters. The molecule has 1 aromatic carbocycles. The quantitative estimate of drug-likeness (QED) is 0.721. The number of nitrogens with zero attached hydrogens (tertiary/aromatic N) is 1. The van der Waals surface area contributed by atoms with E-state index in [9.17, 15) is 13.5 Å². The molecule has 0 aliphatic carbocycles. The zero-order chi connectivity index (χ0) is 17.0. The SMILES string of the molecule is CC1CC(C)CN(S(=O)(=O)c2ccc(NCC(O)CO)cc2)C1. The number of sulfonamides is 1. The maximum absolute atomic E-state index is 12.7. The molecule has 1 aromatic rings. The molecular formula is C16H26N2O4S. The molecule has 1 aliphatic heterocycles. The normalized spacial score (nSPS) is 24.3. The molecule has 3 unspecified atom stereocenters. The number of piperidine rings is 1. The molecule has 130 valence electrons. The molecule has 0 radical (unpaired) electrons. The minimum Gasteiger partial charge on any atom is -0.394 e. The summed E-state index contributed by atoms with van der Waals surface area (Å²) in [6.07, 6.45) is 0.219. The van der Waals surface area contributed by atoms with Crippen molar-refractivity contribution in [1.82, 2.24) is 4.31 Å². The molecule has 2 rings (SSSR count). The number of rotatable bonds is 6. The first-order valence-electron chi connectivity index (χ1n) is 7.96. The molecule has 3 N–H and O–H groups in total. The van der Waals surface area contributed by atoms with Crippen molar-refractivity contribution >= 4 is 15.7 Å². The van der Waals surface area contributed by atoms with Crippen LogP contribution in [0.15, 0.2) is 29.2 Å². The van der Waals surface area contributed by atoms with Crippen LogP contribution in [0, 0.1) is 11.8 Å². The number of anilines is 1. The molecule has 7 heteroatoms. The van der Waals surface area contributed by atoms with Crippen LogP contribution in [-0.2, 0) is 10.0 Å². The highest BCUT2D eigenvalue weighted by atomic mass is 32.2. The van der Waals surface area contributed by atoms with Gasteiger partial charge in [-0.3, -0.25) is 0 Å². The summed E-state index contributed by atoms with van der Waals surface area (Å²) in [5.74, 6) is 0.740. The Hall–Kier alpha value is -1.15. The molecule has 0 bridgehead atoms. The molecule has 0 aromatic heterocycles. The lowest BCUT2D eigenvalue weighted by Gasteiger charge is -2.34. The van der Waals surface area contributed by atoms with E-state index in [0.717, 1.165) is 6.42 Å². The van der Waals surface area contributed by atoms with Gasteiger partial charge in [-0.25, -0.2) is 8.42 Å². The molecule has 0 amide bonds. The highest BCUT2D eigenvalue weighted by Crippen LogP contribution is 2.27. The molecule has 0 spiro atoms. The van der Waals surface area contributed by atoms with Crippen LogP contribution < -0.4 is 5.32 Å². The molecular weight excluding hydrogens is 316 g/mol. The highest BCUT2D eigenvalue weighted by Gasteiger charge is 2.31. The first kappa shape index (κ1) is 18.2. The van der Waals surface area contributed by atoms with Crippen molar-refractivity contribution in [3.63, 3.8) is 0 Å². The van der Waals surface area contributed by atoms with Crippen LogP contribution in [-0.4, -0.2) is 55.3 Å². The Bertz CT molecular complexity index is 593. The molecule has 1 saturated heterocycles. The van der Waals surface area contributed by atoms with Crippen molar-refractivity contribution in [3.05, 3.63) is 24.3 Å². The Morgan fingerprint density at radius 3 is 2.30 bits per heavy atom. The maximum atomic E-state index is 12.7. The zero-order valence-corrected chi connectivity index (χ0v) is 14.5. The van der Waals surface area contributed by atoms with E-state index in [2.05, 4.69) is 19.2 Å². The third-order valence-corrected chi connectivity index (χ3v) is 5.93. The largest absolute Gasteiger partial charge is 0.394 e. The number of aliphatic hydroxyl groups is 2. The van der Waals surface area contributed by atoms with Gasteiger partial charge in [0.15, 0.2) is 0 Å². The minimum atomic E-state index is -3.46. The first-order valence-corrected chi connectivity index (χ1v) is 9.40. The first-order chi connectivity index (χ1) is 10.8. The van der Waals surface area contributed by atoms with Crippen molar-refractivity contribution in [2.24, 2.45) is 11.8 Å². The zero-order valence-electron chi connectivity index (χ0n) is 13.6. The highest BCUT2D eigenvalue weighted by molar-refractivity contribution is 7.89. The molecule has 0 saturated carbocycles. The number of hydrogen-bond donors (Lipinski definition) is 3. The van der Waals surface area contributed by atoms with E-state index in [0.29, 0.717) is 30.6 Å². The second-order valence-corrected chi connectivity index (χ2v) is 8.45. The fourth-order valence-electron chi connectivity index (χ4n) is 3.00. The van der Waals surface area contributed by atoms with Gasteiger partial charge < -0.3 is 15.5 Å². The summed E-state index contributed by atoms with van der Waals surface area (Å²) in [7, 11) is -3.46. The predicted molar refractivity (Wildman–Crippen MR) is 89.7 cm³/mol. The average Bonchev–Trinajstić information content (AvgIpc) is 2.52. The van der Waals surface area contributed by atoms with E-state index in [1.54, 1.807) is 28.6 Å². The Kier molecular flexibility index (Phi) is 6.02. The van der Waals surface area contributed by atoms with Crippen LogP contribution in [0.2, 0.25) is 0 Å². The van der Waals surface area contributed by atoms with Crippen molar-refractivity contribution in [2.75, 3.05) is 31.6 Å². The van der Waals surface area contributed by atoms with E-state index < -0.39 is 16.1 Å². The van der Waals surface area contributed by atoms with Crippen LogP contribution in [0.25, 0.3) is 0 Å². The van der Waals surface area contributed by atoms with Crippen LogP contribution in [0.5, 0.6) is 0 Å². The summed E-state index contributed by atoms with van der Waals surface area (Å²) in [6.45, 7) is 5.19. The predicted octanol–water partition coefficient (Wildman–Crippen LogP) is 1.12. The monoisotopic (exact) mass is 342 g/mol. The molecule has 1 fully saturated rings. The Balaban J connectivity index is 2.08. The Labute approximate surface area is 138 Å². The fraction of sp³-hybridized carbons (Fsp3) is 0.625. The summed E-state index contributed by atoms with van der Waals surface area (Å²) in [5, 5.41) is 21.0. The summed E-state index contributed by atoms with van der Waals surface area (Å²) in [6, 6.07) is 6.50. The Morgan fingerprint density at radius 1 is 1.22 bits per heavy atom. The Morgan fingerprint density at radius 2 is 1.78 bits per heavy atom. The van der Waals surface area contributed by atoms with E-state index in [1.165, 1.54) is 0 Å². The number of benzene rings is 1. The van der Waals surface area contributed by atoms with Gasteiger partial charge in [-0.1, -0.05) is 13.8 Å². The number of aliphatic hydroxyl groups excluding tert-OH is 2. The molecule has 1 heterocycles. The van der Waals surface area contributed by atoms with Gasteiger partial charge in [0.1, 0.15) is 0 Å². The standard InChI is InChI=1S/C16H26N2O4S/c1-12-7-13(2)10-18(9-12)23(21,22)16-5-3-14(4-6-16)17-8-15(20)11-19/h3-6,12-13,15,17,19-20H,7-11H2,1-2H3. The van der Waals surface area contributed by atoms with Gasteiger partial charge in [0.05, 0.1) is 17.6 Å². The van der Waals surface area contributed by atoms with Gasteiger partial charge in [-0.2, -0.15) is 4.31 Å². The van der Waals surface area contributed by atoms with Gasteiger partial charge in [-0.05, 0) is 42.5 Å².